The van der Waals surface area contributed by atoms with E-state index in [-0.39, 0.29) is 19.7 Å². The summed E-state index contributed by atoms with van der Waals surface area (Å²) in [5, 5.41) is 24.9. The molecule has 1 aromatic heterocycles. The summed E-state index contributed by atoms with van der Waals surface area (Å²) in [6.45, 7) is 6.42. The van der Waals surface area contributed by atoms with Gasteiger partial charge in [-0.05, 0) is 47.2 Å². The van der Waals surface area contributed by atoms with Crippen LogP contribution >= 0.6 is 0 Å². The first-order valence-corrected chi connectivity index (χ1v) is 14.4. The summed E-state index contributed by atoms with van der Waals surface area (Å²) in [5.74, 6) is 0.187. The van der Waals surface area contributed by atoms with Crippen LogP contribution in [-0.4, -0.2) is 77.3 Å². The number of methoxy groups -OCH3 is 1. The Bertz CT molecular complexity index is 1300. The summed E-state index contributed by atoms with van der Waals surface area (Å²) in [4.78, 5) is 28.6. The maximum atomic E-state index is 13.1. The number of benzene rings is 2. The van der Waals surface area contributed by atoms with Crippen molar-refractivity contribution >= 4 is 12.0 Å². The van der Waals surface area contributed by atoms with Crippen molar-refractivity contribution in [2.24, 2.45) is 11.1 Å². The zero-order chi connectivity index (χ0) is 32.1. The molecule has 2 aromatic carbocycles. The summed E-state index contributed by atoms with van der Waals surface area (Å²) in [6.07, 6.45) is 0.613. The number of carbonyl (C=O) groups is 2. The lowest BCUT2D eigenvalue weighted by Crippen LogP contribution is -2.57. The second kappa shape index (κ2) is 16.7. The minimum atomic E-state index is -0.987. The molecule has 3 atom stereocenters. The number of rotatable bonds is 15. The quantitative estimate of drug-likeness (QED) is 0.111. The zero-order valence-electron chi connectivity index (χ0n) is 25.7. The van der Waals surface area contributed by atoms with Gasteiger partial charge < -0.3 is 30.8 Å². The number of nitrogens with one attached hydrogen (secondary N) is 3. The van der Waals surface area contributed by atoms with Gasteiger partial charge >= 0.3 is 6.09 Å². The molecule has 3 aromatic rings. The number of hydroxylamine groups is 1. The van der Waals surface area contributed by atoms with E-state index in [0.717, 1.165) is 22.4 Å². The molecule has 0 bridgehead atoms. The van der Waals surface area contributed by atoms with Crippen LogP contribution in [0.2, 0.25) is 0 Å². The minimum absolute atomic E-state index is 0.0472. The third kappa shape index (κ3) is 10.9. The monoisotopic (exact) mass is 608 g/mol. The van der Waals surface area contributed by atoms with Gasteiger partial charge in [-0.2, -0.15) is 5.48 Å². The molecule has 238 valence electrons. The van der Waals surface area contributed by atoms with Crippen molar-refractivity contribution in [3.8, 4) is 17.0 Å². The van der Waals surface area contributed by atoms with Gasteiger partial charge in [-0.25, -0.2) is 9.80 Å². The van der Waals surface area contributed by atoms with Crippen molar-refractivity contribution in [1.82, 2.24) is 26.2 Å². The van der Waals surface area contributed by atoms with Crippen molar-refractivity contribution in [3.63, 3.8) is 0 Å². The highest BCUT2D eigenvalue weighted by molar-refractivity contribution is 5.82. The Morgan fingerprint density at radius 3 is 2.30 bits per heavy atom. The fourth-order valence-corrected chi connectivity index (χ4v) is 4.44. The van der Waals surface area contributed by atoms with Gasteiger partial charge in [0.1, 0.15) is 18.4 Å². The van der Waals surface area contributed by atoms with E-state index in [1.54, 1.807) is 23.3 Å². The lowest BCUT2D eigenvalue weighted by Gasteiger charge is -2.33. The van der Waals surface area contributed by atoms with Crippen LogP contribution in [-0.2, 0) is 22.5 Å². The van der Waals surface area contributed by atoms with Crippen LogP contribution in [0.15, 0.2) is 72.9 Å². The number of pyridine rings is 1. The first-order valence-electron chi connectivity index (χ1n) is 14.4. The highest BCUT2D eigenvalue weighted by Crippen LogP contribution is 2.21. The van der Waals surface area contributed by atoms with E-state index in [0.29, 0.717) is 18.7 Å². The summed E-state index contributed by atoms with van der Waals surface area (Å²) < 4.78 is 10.1. The number of aromatic nitrogens is 1. The second-order valence-corrected chi connectivity index (χ2v) is 11.5. The molecule has 0 spiro atoms. The SMILES string of the molecule is COC(=O)NCCOc1ccc(CC(N)C(O)CN(Cc2ccc(-c3ccccn3)cc2)NC(=O)C(NO)C(C)(C)C)cc1. The van der Waals surface area contributed by atoms with Gasteiger partial charge in [0.05, 0.1) is 25.5 Å². The van der Waals surface area contributed by atoms with Gasteiger partial charge in [0.25, 0.3) is 5.91 Å². The van der Waals surface area contributed by atoms with E-state index in [1.807, 2.05) is 75.4 Å². The Balaban J connectivity index is 1.64. The topological polar surface area (TPSA) is 171 Å². The first-order chi connectivity index (χ1) is 21.0. The Labute approximate surface area is 258 Å². The van der Waals surface area contributed by atoms with Gasteiger partial charge in [0, 0.05) is 30.9 Å². The van der Waals surface area contributed by atoms with Crippen molar-refractivity contribution in [3.05, 3.63) is 84.1 Å². The third-order valence-electron chi connectivity index (χ3n) is 6.94. The average Bonchev–Trinajstić information content (AvgIpc) is 3.00. The van der Waals surface area contributed by atoms with Gasteiger partial charge in [-0.15, -0.1) is 0 Å². The van der Waals surface area contributed by atoms with Crippen LogP contribution in [0.4, 0.5) is 4.79 Å². The molecule has 2 amide bonds. The molecular formula is C32H44N6O6. The lowest BCUT2D eigenvalue weighted by atomic mass is 9.87. The molecule has 0 saturated heterocycles. The molecule has 0 aliphatic heterocycles. The molecule has 7 N–H and O–H groups in total. The van der Waals surface area contributed by atoms with Crippen LogP contribution in [0.3, 0.4) is 0 Å². The van der Waals surface area contributed by atoms with Gasteiger partial charge in [0.2, 0.25) is 0 Å². The van der Waals surface area contributed by atoms with Crippen molar-refractivity contribution < 1.29 is 29.4 Å². The number of nitrogens with zero attached hydrogens (tertiary/aromatic N) is 2. The molecule has 0 aliphatic carbocycles. The number of carbonyl (C=O) groups excluding carboxylic acids is 2. The predicted molar refractivity (Wildman–Crippen MR) is 166 cm³/mol. The number of hydrazine groups is 1. The molecule has 1 heterocycles. The summed E-state index contributed by atoms with van der Waals surface area (Å²) in [7, 11) is 1.30. The Morgan fingerprint density at radius 1 is 1.02 bits per heavy atom. The number of hydrogen-bond donors (Lipinski definition) is 6. The smallest absolute Gasteiger partial charge is 0.406 e. The first kappa shape index (κ1) is 34.4. The maximum absolute atomic E-state index is 13.1. The summed E-state index contributed by atoms with van der Waals surface area (Å²) >= 11 is 0. The molecule has 0 saturated carbocycles. The molecule has 0 aliphatic rings. The fraction of sp³-hybridized carbons (Fsp3) is 0.406. The normalized spacial score (nSPS) is 13.5. The minimum Gasteiger partial charge on any atom is -0.492 e. The van der Waals surface area contributed by atoms with E-state index < -0.39 is 35.6 Å². The average molecular weight is 609 g/mol. The maximum Gasteiger partial charge on any atom is 0.406 e. The highest BCUT2D eigenvalue weighted by atomic mass is 16.5. The van der Waals surface area contributed by atoms with Gasteiger partial charge in [-0.1, -0.05) is 63.2 Å². The fourth-order valence-electron chi connectivity index (χ4n) is 4.44. The number of nitrogens with two attached hydrogens (primary N) is 1. The van der Waals surface area contributed by atoms with Crippen LogP contribution in [0.5, 0.6) is 5.75 Å². The number of aliphatic hydroxyl groups is 1. The van der Waals surface area contributed by atoms with Crippen LogP contribution in [0.1, 0.15) is 31.9 Å². The molecule has 0 radical (unpaired) electrons. The molecule has 12 heteroatoms. The number of amides is 2. The van der Waals surface area contributed by atoms with E-state index in [4.69, 9.17) is 10.5 Å². The zero-order valence-corrected chi connectivity index (χ0v) is 25.7. The van der Waals surface area contributed by atoms with Crippen LogP contribution in [0, 0.1) is 5.41 Å². The largest absolute Gasteiger partial charge is 0.492 e. The third-order valence-corrected chi connectivity index (χ3v) is 6.94. The van der Waals surface area contributed by atoms with Crippen LogP contribution < -0.4 is 26.7 Å². The number of alkyl carbamates (subject to hydrolysis) is 1. The lowest BCUT2D eigenvalue weighted by molar-refractivity contribution is -0.135. The second-order valence-electron chi connectivity index (χ2n) is 11.5. The summed E-state index contributed by atoms with van der Waals surface area (Å²) in [6, 6.07) is 19.3. The van der Waals surface area contributed by atoms with E-state index in [9.17, 15) is 19.9 Å². The number of ether oxygens (including phenoxy) is 2. The molecule has 12 nitrogen and oxygen atoms in total. The van der Waals surface area contributed by atoms with Gasteiger partial charge in [0.15, 0.2) is 0 Å². The molecule has 3 rings (SSSR count). The molecule has 3 unspecified atom stereocenters. The van der Waals surface area contributed by atoms with Crippen molar-refractivity contribution in [2.75, 3.05) is 26.8 Å². The Hall–Kier alpha value is -4.07. The van der Waals surface area contributed by atoms with Crippen LogP contribution in [0.25, 0.3) is 11.3 Å². The number of hydrogen-bond acceptors (Lipinski definition) is 10. The molecular weight excluding hydrogens is 564 g/mol. The highest BCUT2D eigenvalue weighted by Gasteiger charge is 2.32. The Morgan fingerprint density at radius 2 is 1.70 bits per heavy atom. The Kier molecular flexibility index (Phi) is 13.1. The van der Waals surface area contributed by atoms with E-state index >= 15 is 0 Å². The van der Waals surface area contributed by atoms with Crippen molar-refractivity contribution in [1.29, 1.82) is 0 Å². The number of aliphatic hydroxyl groups excluding tert-OH is 1. The predicted octanol–water partition coefficient (Wildman–Crippen LogP) is 2.64. The van der Waals surface area contributed by atoms with Gasteiger partial charge in [-0.3, -0.25) is 15.2 Å². The molecule has 44 heavy (non-hydrogen) atoms. The standard InChI is InChI=1S/C32H44N6O6/c1-32(2,3)29(37-42)30(40)36-38(20-23-8-12-24(13-9-23)27-7-5-6-16-34-27)21-28(39)26(33)19-22-10-14-25(15-11-22)44-18-17-35-31(41)43-4/h5-16,26,28-29,37,39,42H,17-21,33H2,1-4H3,(H,35,41)(H,36,40). The van der Waals surface area contributed by atoms with E-state index in [2.05, 4.69) is 25.9 Å². The molecule has 0 fully saturated rings. The summed E-state index contributed by atoms with van der Waals surface area (Å²) in [5.41, 5.74) is 14.4. The van der Waals surface area contributed by atoms with E-state index in [1.165, 1.54) is 7.11 Å². The van der Waals surface area contributed by atoms with Crippen molar-refractivity contribution in [2.45, 2.75) is 51.9 Å².